The Hall–Kier alpha value is -2.61. The Morgan fingerprint density at radius 1 is 1.41 bits per heavy atom. The number of aliphatic hydroxyl groups is 1. The molecule has 2 unspecified atom stereocenters. The molecule has 2 amide bonds. The monoisotopic (exact) mass is 308 g/mol. The lowest BCUT2D eigenvalue weighted by atomic mass is 10.1. The van der Waals surface area contributed by atoms with Crippen LogP contribution in [-0.2, 0) is 14.4 Å². The number of aliphatic carboxylic acids is 1. The van der Waals surface area contributed by atoms with E-state index in [1.807, 2.05) is 0 Å². The second kappa shape index (κ2) is 6.02. The zero-order valence-corrected chi connectivity index (χ0v) is 11.8. The highest BCUT2D eigenvalue weighted by Gasteiger charge is 2.32. The van der Waals surface area contributed by atoms with Gasteiger partial charge in [-0.15, -0.1) is 0 Å². The molecule has 118 valence electrons. The van der Waals surface area contributed by atoms with Crippen LogP contribution in [0.3, 0.4) is 0 Å². The average Bonchev–Trinajstić information content (AvgIpc) is 2.46. The van der Waals surface area contributed by atoms with E-state index in [1.54, 1.807) is 24.3 Å². The number of carboxylic acid groups (broad SMARTS) is 1. The number of fused-ring (bicyclic) bond motifs is 1. The van der Waals surface area contributed by atoms with Gasteiger partial charge >= 0.3 is 5.97 Å². The van der Waals surface area contributed by atoms with Crippen molar-refractivity contribution in [3.63, 3.8) is 0 Å². The quantitative estimate of drug-likeness (QED) is 0.593. The lowest BCUT2D eigenvalue weighted by Crippen LogP contribution is -2.48. The number of para-hydroxylation sites is 2. The topological polar surface area (TPSA) is 125 Å². The van der Waals surface area contributed by atoms with E-state index < -0.39 is 36.0 Å². The van der Waals surface area contributed by atoms with Crippen LogP contribution in [-0.4, -0.2) is 46.2 Å². The summed E-state index contributed by atoms with van der Waals surface area (Å²) >= 11 is 0. The first-order chi connectivity index (χ1) is 10.3. The van der Waals surface area contributed by atoms with E-state index in [9.17, 15) is 19.5 Å². The third-order valence-electron chi connectivity index (χ3n) is 3.17. The largest absolute Gasteiger partial charge is 0.479 e. The Labute approximate surface area is 126 Å². The van der Waals surface area contributed by atoms with Gasteiger partial charge in [-0.2, -0.15) is 0 Å². The number of ether oxygens (including phenoxy) is 1. The molecule has 2 atom stereocenters. The lowest BCUT2D eigenvalue weighted by Gasteiger charge is -2.25. The SMILES string of the molecule is CC(O)(CNC(=O)CC1Oc2ccccc2NC1=O)C(=O)O. The molecule has 0 saturated heterocycles. The van der Waals surface area contributed by atoms with E-state index in [-0.39, 0.29) is 6.42 Å². The number of carbonyl (C=O) groups is 3. The highest BCUT2D eigenvalue weighted by molar-refractivity contribution is 6.00. The zero-order chi connectivity index (χ0) is 16.3. The number of carbonyl (C=O) groups excluding carboxylic acids is 2. The molecule has 8 heteroatoms. The Bertz CT molecular complexity index is 613. The van der Waals surface area contributed by atoms with Crippen LogP contribution in [0.1, 0.15) is 13.3 Å². The number of rotatable bonds is 5. The van der Waals surface area contributed by atoms with E-state index in [2.05, 4.69) is 10.6 Å². The molecule has 0 aliphatic carbocycles. The predicted octanol–water partition coefficient (Wildman–Crippen LogP) is -0.272. The first-order valence-electron chi connectivity index (χ1n) is 6.58. The maximum atomic E-state index is 11.8. The average molecular weight is 308 g/mol. The highest BCUT2D eigenvalue weighted by Crippen LogP contribution is 2.29. The standard InChI is InChI=1S/C14H16N2O6/c1-14(21,13(19)20)7-15-11(17)6-10-12(18)16-8-4-2-3-5-9(8)22-10/h2-5,10,21H,6-7H2,1H3,(H,15,17)(H,16,18)(H,19,20). The van der Waals surface area contributed by atoms with Crippen molar-refractivity contribution in [3.8, 4) is 5.75 Å². The van der Waals surface area contributed by atoms with Crippen molar-refractivity contribution in [2.75, 3.05) is 11.9 Å². The van der Waals surface area contributed by atoms with Crippen molar-refractivity contribution >= 4 is 23.5 Å². The highest BCUT2D eigenvalue weighted by atomic mass is 16.5. The van der Waals surface area contributed by atoms with E-state index >= 15 is 0 Å². The summed E-state index contributed by atoms with van der Waals surface area (Å²) in [7, 11) is 0. The van der Waals surface area contributed by atoms with Gasteiger partial charge in [0.25, 0.3) is 5.91 Å². The van der Waals surface area contributed by atoms with Gasteiger partial charge in [-0.3, -0.25) is 9.59 Å². The molecule has 1 aliphatic rings. The molecule has 1 aromatic rings. The van der Waals surface area contributed by atoms with Crippen molar-refractivity contribution in [2.24, 2.45) is 0 Å². The summed E-state index contributed by atoms with van der Waals surface area (Å²) in [6.07, 6.45) is -1.29. The second-order valence-corrected chi connectivity index (χ2v) is 5.15. The van der Waals surface area contributed by atoms with E-state index in [4.69, 9.17) is 9.84 Å². The number of anilines is 1. The van der Waals surface area contributed by atoms with E-state index in [1.165, 1.54) is 0 Å². The van der Waals surface area contributed by atoms with Crippen LogP contribution in [0.25, 0.3) is 0 Å². The van der Waals surface area contributed by atoms with Gasteiger partial charge in [0.15, 0.2) is 11.7 Å². The van der Waals surface area contributed by atoms with Crippen LogP contribution < -0.4 is 15.4 Å². The summed E-state index contributed by atoms with van der Waals surface area (Å²) in [5.41, 5.74) is -1.55. The fraction of sp³-hybridized carbons (Fsp3) is 0.357. The molecule has 8 nitrogen and oxygen atoms in total. The summed E-state index contributed by atoms with van der Waals surface area (Å²) < 4.78 is 5.44. The minimum Gasteiger partial charge on any atom is -0.479 e. The van der Waals surface area contributed by atoms with Gasteiger partial charge in [-0.1, -0.05) is 12.1 Å². The van der Waals surface area contributed by atoms with Crippen LogP contribution >= 0.6 is 0 Å². The third-order valence-corrected chi connectivity index (χ3v) is 3.17. The van der Waals surface area contributed by atoms with Gasteiger partial charge in [-0.05, 0) is 19.1 Å². The maximum absolute atomic E-state index is 11.8. The van der Waals surface area contributed by atoms with Crippen LogP contribution in [0.2, 0.25) is 0 Å². The fourth-order valence-corrected chi connectivity index (χ4v) is 1.81. The third kappa shape index (κ3) is 3.53. The smallest absolute Gasteiger partial charge is 0.337 e. The van der Waals surface area contributed by atoms with Crippen LogP contribution in [0.4, 0.5) is 5.69 Å². The molecule has 1 aromatic carbocycles. The second-order valence-electron chi connectivity index (χ2n) is 5.15. The van der Waals surface area contributed by atoms with Gasteiger partial charge in [0.2, 0.25) is 5.91 Å². The zero-order valence-electron chi connectivity index (χ0n) is 11.8. The van der Waals surface area contributed by atoms with Crippen molar-refractivity contribution < 1.29 is 29.3 Å². The molecule has 2 rings (SSSR count). The lowest BCUT2D eigenvalue weighted by molar-refractivity contribution is -0.156. The number of hydrogen-bond donors (Lipinski definition) is 4. The molecule has 1 heterocycles. The van der Waals surface area contributed by atoms with Crippen molar-refractivity contribution in [1.29, 1.82) is 0 Å². The molecule has 1 aliphatic heterocycles. The van der Waals surface area contributed by atoms with Gasteiger partial charge in [-0.25, -0.2) is 4.79 Å². The van der Waals surface area contributed by atoms with Gasteiger partial charge < -0.3 is 25.6 Å². The van der Waals surface area contributed by atoms with Gasteiger partial charge in [0.05, 0.1) is 18.7 Å². The van der Waals surface area contributed by atoms with Gasteiger partial charge in [0, 0.05) is 0 Å². The summed E-state index contributed by atoms with van der Waals surface area (Å²) in [5.74, 6) is -2.05. The molecule has 0 aromatic heterocycles. The van der Waals surface area contributed by atoms with Gasteiger partial charge in [0.1, 0.15) is 5.75 Å². The van der Waals surface area contributed by atoms with Crippen LogP contribution in [0, 0.1) is 0 Å². The molecule has 0 bridgehead atoms. The Morgan fingerprint density at radius 3 is 2.77 bits per heavy atom. The van der Waals surface area contributed by atoms with Crippen LogP contribution in [0.5, 0.6) is 5.75 Å². The molecule has 0 spiro atoms. The normalized spacial score (nSPS) is 19.2. The number of amides is 2. The summed E-state index contributed by atoms with van der Waals surface area (Å²) in [6.45, 7) is 0.599. The number of nitrogens with one attached hydrogen (secondary N) is 2. The molecule has 22 heavy (non-hydrogen) atoms. The number of hydrogen-bond acceptors (Lipinski definition) is 5. The molecule has 0 fully saturated rings. The molecule has 0 saturated carbocycles. The Kier molecular flexibility index (Phi) is 4.32. The molecule has 0 radical (unpaired) electrons. The number of carboxylic acids is 1. The summed E-state index contributed by atoms with van der Waals surface area (Å²) in [4.78, 5) is 34.3. The summed E-state index contributed by atoms with van der Waals surface area (Å²) in [6, 6.07) is 6.81. The van der Waals surface area contributed by atoms with Crippen LogP contribution in [0.15, 0.2) is 24.3 Å². The summed E-state index contributed by atoms with van der Waals surface area (Å²) in [5, 5.41) is 23.1. The Balaban J connectivity index is 1.93. The van der Waals surface area contributed by atoms with Crippen molar-refractivity contribution in [1.82, 2.24) is 5.32 Å². The first kappa shape index (κ1) is 15.8. The number of benzene rings is 1. The Morgan fingerprint density at radius 2 is 2.09 bits per heavy atom. The first-order valence-corrected chi connectivity index (χ1v) is 6.58. The van der Waals surface area contributed by atoms with E-state index in [0.717, 1.165) is 6.92 Å². The molecular weight excluding hydrogens is 292 g/mol. The predicted molar refractivity (Wildman–Crippen MR) is 75.4 cm³/mol. The fourth-order valence-electron chi connectivity index (χ4n) is 1.81. The molecule has 4 N–H and O–H groups in total. The molecular formula is C14H16N2O6. The maximum Gasteiger partial charge on any atom is 0.337 e. The van der Waals surface area contributed by atoms with Crippen molar-refractivity contribution in [2.45, 2.75) is 25.0 Å². The minimum absolute atomic E-state index is 0.282. The van der Waals surface area contributed by atoms with Crippen molar-refractivity contribution in [3.05, 3.63) is 24.3 Å². The van der Waals surface area contributed by atoms with E-state index in [0.29, 0.717) is 11.4 Å². The minimum atomic E-state index is -2.07.